The van der Waals surface area contributed by atoms with Gasteiger partial charge in [-0.2, -0.15) is 0 Å². The van der Waals surface area contributed by atoms with Crippen molar-refractivity contribution in [1.82, 2.24) is 15.2 Å². The summed E-state index contributed by atoms with van der Waals surface area (Å²) in [5.74, 6) is 0.524. The molecule has 1 aromatic carbocycles. The quantitative estimate of drug-likeness (QED) is 0.807. The Morgan fingerprint density at radius 2 is 1.96 bits per heavy atom. The molecule has 0 bridgehead atoms. The first-order valence-corrected chi connectivity index (χ1v) is 9.39. The molecule has 1 saturated heterocycles. The lowest BCUT2D eigenvalue weighted by Gasteiger charge is -2.33. The molecule has 26 heavy (non-hydrogen) atoms. The van der Waals surface area contributed by atoms with E-state index < -0.39 is 0 Å². The highest BCUT2D eigenvalue weighted by atomic mass is 79.9. The van der Waals surface area contributed by atoms with Crippen LogP contribution in [0, 0.1) is 5.82 Å². The average Bonchev–Trinajstić information content (AvgIpc) is 2.64. The molecule has 138 valence electrons. The predicted octanol–water partition coefficient (Wildman–Crippen LogP) is 2.59. The number of benzene rings is 1. The lowest BCUT2D eigenvalue weighted by molar-refractivity contribution is -0.120. The Balaban J connectivity index is 1.55. The molecule has 0 saturated carbocycles. The first-order valence-electron chi connectivity index (χ1n) is 8.60. The van der Waals surface area contributed by atoms with Crippen LogP contribution in [0.4, 0.5) is 10.2 Å². The van der Waals surface area contributed by atoms with Crippen LogP contribution in [0.3, 0.4) is 0 Å². The maximum atomic E-state index is 13.3. The number of nitrogens with zero attached hydrogens (tertiary/aromatic N) is 3. The molecule has 2 heterocycles. The third-order valence-electron chi connectivity index (χ3n) is 4.48. The first kappa shape index (κ1) is 18.8. The van der Waals surface area contributed by atoms with Crippen LogP contribution < -0.4 is 10.2 Å². The van der Waals surface area contributed by atoms with E-state index in [9.17, 15) is 9.18 Å². The highest BCUT2D eigenvalue weighted by Gasteiger charge is 2.15. The van der Waals surface area contributed by atoms with Crippen LogP contribution in [0.15, 0.2) is 41.0 Å². The van der Waals surface area contributed by atoms with E-state index in [1.54, 1.807) is 18.3 Å². The number of likely N-dealkylation sites (N-methyl/N-ethyl adjacent to an activating group) is 1. The number of hydrogen-bond donors (Lipinski definition) is 1. The van der Waals surface area contributed by atoms with Crippen molar-refractivity contribution in [3.05, 3.63) is 57.9 Å². The number of rotatable bonds is 5. The number of halogens is 2. The summed E-state index contributed by atoms with van der Waals surface area (Å²) in [4.78, 5) is 21.2. The molecule has 3 rings (SSSR count). The minimum absolute atomic E-state index is 0.0959. The second kappa shape index (κ2) is 8.60. The Bertz CT molecular complexity index is 778. The van der Waals surface area contributed by atoms with Gasteiger partial charge in [-0.25, -0.2) is 9.37 Å². The van der Waals surface area contributed by atoms with Crippen LogP contribution in [0.5, 0.6) is 0 Å². The van der Waals surface area contributed by atoms with E-state index in [0.29, 0.717) is 11.0 Å². The zero-order valence-electron chi connectivity index (χ0n) is 14.7. The third kappa shape index (κ3) is 5.02. The van der Waals surface area contributed by atoms with E-state index in [1.807, 2.05) is 12.1 Å². The Hall–Kier alpha value is -1.99. The molecule has 7 heteroatoms. The number of nitrogens with one attached hydrogen (secondary N) is 1. The highest BCUT2D eigenvalue weighted by molar-refractivity contribution is 9.10. The summed E-state index contributed by atoms with van der Waals surface area (Å²) in [5.41, 5.74) is 1.78. The molecule has 1 aliphatic heterocycles. The van der Waals surface area contributed by atoms with Crippen LogP contribution in [0.25, 0.3) is 0 Å². The number of anilines is 1. The minimum atomic E-state index is -0.331. The number of hydrogen-bond acceptors (Lipinski definition) is 4. The van der Waals surface area contributed by atoms with Gasteiger partial charge >= 0.3 is 0 Å². The number of carbonyl (C=O) groups is 1. The average molecular weight is 421 g/mol. The van der Waals surface area contributed by atoms with Gasteiger partial charge in [-0.15, -0.1) is 0 Å². The second-order valence-corrected chi connectivity index (χ2v) is 7.37. The van der Waals surface area contributed by atoms with E-state index in [2.05, 4.69) is 43.1 Å². The van der Waals surface area contributed by atoms with E-state index in [1.165, 1.54) is 6.07 Å². The van der Waals surface area contributed by atoms with Crippen molar-refractivity contribution in [3.8, 4) is 0 Å². The second-order valence-electron chi connectivity index (χ2n) is 6.51. The third-order valence-corrected chi connectivity index (χ3v) is 5.08. The van der Waals surface area contributed by atoms with E-state index in [-0.39, 0.29) is 18.1 Å². The molecule has 0 unspecified atom stereocenters. The minimum Gasteiger partial charge on any atom is -0.354 e. The van der Waals surface area contributed by atoms with E-state index in [0.717, 1.165) is 43.1 Å². The Morgan fingerprint density at radius 1 is 1.19 bits per heavy atom. The maximum Gasteiger partial charge on any atom is 0.224 e. The fourth-order valence-electron chi connectivity index (χ4n) is 2.88. The normalized spacial score (nSPS) is 15.1. The zero-order chi connectivity index (χ0) is 18.5. The van der Waals surface area contributed by atoms with Gasteiger partial charge in [-0.3, -0.25) is 4.79 Å². The van der Waals surface area contributed by atoms with Crippen LogP contribution in [0.1, 0.15) is 11.1 Å². The number of pyridine rings is 1. The summed E-state index contributed by atoms with van der Waals surface area (Å²) in [6.45, 7) is 4.41. The molecule has 1 aromatic heterocycles. The van der Waals surface area contributed by atoms with E-state index >= 15 is 0 Å². The summed E-state index contributed by atoms with van der Waals surface area (Å²) in [6.07, 6.45) is 2.00. The number of carbonyl (C=O) groups excluding carboxylic acids is 1. The maximum absolute atomic E-state index is 13.3. The molecule has 0 aliphatic carbocycles. The molecular formula is C19H22BrFN4O. The number of aromatic nitrogens is 1. The van der Waals surface area contributed by atoms with Crippen LogP contribution in [-0.4, -0.2) is 49.0 Å². The molecule has 0 atom stereocenters. The Morgan fingerprint density at radius 3 is 2.69 bits per heavy atom. The number of amides is 1. The monoisotopic (exact) mass is 420 g/mol. The van der Waals surface area contributed by atoms with E-state index in [4.69, 9.17) is 0 Å². The molecule has 1 aliphatic rings. The zero-order valence-corrected chi connectivity index (χ0v) is 16.3. The van der Waals surface area contributed by atoms with Gasteiger partial charge in [0.05, 0.1) is 10.9 Å². The topological polar surface area (TPSA) is 48.5 Å². The molecule has 2 aromatic rings. The van der Waals surface area contributed by atoms with Gasteiger partial charge in [-0.05, 0) is 58.4 Å². The standard InChI is InChI=1S/C19H22BrFN4O/c1-24-6-8-25(9-7-24)18-11-15(4-5-22-18)13-23-19(26)12-14-2-3-17(21)16(20)10-14/h2-5,10-11H,6-9,12-13H2,1H3,(H,23,26). The van der Waals surface area contributed by atoms with Gasteiger partial charge in [0.15, 0.2) is 0 Å². The predicted molar refractivity (Wildman–Crippen MR) is 104 cm³/mol. The molecule has 0 spiro atoms. The van der Waals surface area contributed by atoms with Crippen molar-refractivity contribution in [1.29, 1.82) is 0 Å². The van der Waals surface area contributed by atoms with Gasteiger partial charge in [0.25, 0.3) is 0 Å². The summed E-state index contributed by atoms with van der Waals surface area (Å²) < 4.78 is 13.6. The van der Waals surface area contributed by atoms with Crippen molar-refractivity contribution in [2.45, 2.75) is 13.0 Å². The summed E-state index contributed by atoms with van der Waals surface area (Å²) in [6, 6.07) is 8.55. The molecule has 5 nitrogen and oxygen atoms in total. The van der Waals surface area contributed by atoms with Gasteiger partial charge in [0.1, 0.15) is 11.6 Å². The molecule has 1 amide bonds. The van der Waals surface area contributed by atoms with Crippen molar-refractivity contribution >= 4 is 27.7 Å². The fraction of sp³-hybridized carbons (Fsp3) is 0.368. The lowest BCUT2D eigenvalue weighted by Crippen LogP contribution is -2.44. The SMILES string of the molecule is CN1CCN(c2cc(CNC(=O)Cc3ccc(F)c(Br)c3)ccn2)CC1. The summed E-state index contributed by atoms with van der Waals surface area (Å²) in [5, 5.41) is 2.92. The fourth-order valence-corrected chi connectivity index (χ4v) is 3.30. The Kier molecular flexibility index (Phi) is 6.21. The van der Waals surface area contributed by atoms with Crippen molar-refractivity contribution < 1.29 is 9.18 Å². The van der Waals surface area contributed by atoms with Crippen molar-refractivity contribution in [3.63, 3.8) is 0 Å². The summed E-state index contributed by atoms with van der Waals surface area (Å²) >= 11 is 3.14. The van der Waals surface area contributed by atoms with Crippen molar-refractivity contribution in [2.24, 2.45) is 0 Å². The number of piperazine rings is 1. The highest BCUT2D eigenvalue weighted by Crippen LogP contribution is 2.17. The molecule has 1 N–H and O–H groups in total. The van der Waals surface area contributed by atoms with Crippen LogP contribution >= 0.6 is 15.9 Å². The van der Waals surface area contributed by atoms with Crippen molar-refractivity contribution in [2.75, 3.05) is 38.1 Å². The van der Waals surface area contributed by atoms with Gasteiger partial charge < -0.3 is 15.1 Å². The van der Waals surface area contributed by atoms with Gasteiger partial charge in [0, 0.05) is 38.9 Å². The molecule has 1 fully saturated rings. The smallest absolute Gasteiger partial charge is 0.224 e. The summed E-state index contributed by atoms with van der Waals surface area (Å²) in [7, 11) is 2.12. The lowest BCUT2D eigenvalue weighted by atomic mass is 10.1. The molecular weight excluding hydrogens is 399 g/mol. The first-order chi connectivity index (χ1) is 12.5. The van der Waals surface area contributed by atoms with Crippen LogP contribution in [-0.2, 0) is 17.8 Å². The van der Waals surface area contributed by atoms with Gasteiger partial charge in [0.2, 0.25) is 5.91 Å². The Labute approximate surface area is 161 Å². The van der Waals surface area contributed by atoms with Crippen LogP contribution in [0.2, 0.25) is 0 Å². The largest absolute Gasteiger partial charge is 0.354 e. The van der Waals surface area contributed by atoms with Gasteiger partial charge in [-0.1, -0.05) is 6.07 Å². The molecule has 0 radical (unpaired) electrons.